The van der Waals surface area contributed by atoms with Gasteiger partial charge >= 0.3 is 0 Å². The monoisotopic (exact) mass is 397 g/mol. The molecular weight excluding hydrogens is 373 g/mol. The van der Waals surface area contributed by atoms with Crippen molar-refractivity contribution in [3.63, 3.8) is 0 Å². The first-order chi connectivity index (χ1) is 12.5. The van der Waals surface area contributed by atoms with Crippen LogP contribution in [0.25, 0.3) is 0 Å². The second kappa shape index (κ2) is 10.4. The van der Waals surface area contributed by atoms with Crippen LogP contribution in [-0.4, -0.2) is 46.0 Å². The number of hydrogen-bond acceptors (Lipinski definition) is 3. The van der Waals surface area contributed by atoms with Crippen molar-refractivity contribution < 1.29 is 4.39 Å². The van der Waals surface area contributed by atoms with Crippen molar-refractivity contribution in [2.75, 3.05) is 31.5 Å². The third-order valence-electron chi connectivity index (χ3n) is 4.01. The van der Waals surface area contributed by atoms with Crippen LogP contribution in [0.1, 0.15) is 25.8 Å². The van der Waals surface area contributed by atoms with Gasteiger partial charge in [0.25, 0.3) is 0 Å². The molecule has 1 aromatic carbocycles. The molecule has 2 rings (SSSR count). The molecule has 1 heterocycles. The SMILES string of the molecule is CCN(CC)CCCNC(=S)Nc1nn(Cc2cccc(F)c2)cc1Cl. The first kappa shape index (κ1) is 20.6. The van der Waals surface area contributed by atoms with E-state index in [1.54, 1.807) is 16.9 Å². The number of hydrogen-bond donors (Lipinski definition) is 2. The highest BCUT2D eigenvalue weighted by atomic mass is 35.5. The number of nitrogens with one attached hydrogen (secondary N) is 2. The van der Waals surface area contributed by atoms with Crippen LogP contribution in [0, 0.1) is 5.82 Å². The molecule has 0 unspecified atom stereocenters. The molecule has 0 saturated carbocycles. The fourth-order valence-corrected chi connectivity index (χ4v) is 2.98. The molecule has 2 N–H and O–H groups in total. The second-order valence-corrected chi connectivity index (χ2v) is 6.73. The summed E-state index contributed by atoms with van der Waals surface area (Å²) < 4.78 is 14.9. The van der Waals surface area contributed by atoms with Crippen LogP contribution < -0.4 is 10.6 Å². The van der Waals surface area contributed by atoms with Crippen LogP contribution in [0.15, 0.2) is 30.5 Å². The minimum atomic E-state index is -0.269. The van der Waals surface area contributed by atoms with E-state index < -0.39 is 0 Å². The molecule has 0 bridgehead atoms. The van der Waals surface area contributed by atoms with Crippen LogP contribution in [-0.2, 0) is 6.54 Å². The van der Waals surface area contributed by atoms with Crippen molar-refractivity contribution in [2.45, 2.75) is 26.8 Å². The van der Waals surface area contributed by atoms with Crippen LogP contribution in [0.3, 0.4) is 0 Å². The summed E-state index contributed by atoms with van der Waals surface area (Å²) >= 11 is 11.5. The molecular formula is C18H25ClFN5S. The van der Waals surface area contributed by atoms with Crippen molar-refractivity contribution in [3.05, 3.63) is 46.9 Å². The Hall–Kier alpha value is -1.70. The number of nitrogens with zero attached hydrogens (tertiary/aromatic N) is 3. The van der Waals surface area contributed by atoms with Crippen LogP contribution in [0.5, 0.6) is 0 Å². The van der Waals surface area contributed by atoms with E-state index in [1.807, 2.05) is 6.07 Å². The standard InChI is InChI=1S/C18H25ClFN5S/c1-3-24(4-2)10-6-9-21-18(26)22-17-16(19)13-25(23-17)12-14-7-5-8-15(20)11-14/h5,7-8,11,13H,3-4,6,9-10,12H2,1-2H3,(H2,21,22,23,26). The third kappa shape index (κ3) is 6.55. The molecule has 0 saturated heterocycles. The highest BCUT2D eigenvalue weighted by Crippen LogP contribution is 2.20. The van der Waals surface area contributed by atoms with E-state index >= 15 is 0 Å². The summed E-state index contributed by atoms with van der Waals surface area (Å²) in [5.74, 6) is 0.221. The molecule has 142 valence electrons. The normalized spacial score (nSPS) is 11.0. The Kier molecular flexibility index (Phi) is 8.28. The van der Waals surface area contributed by atoms with Gasteiger partial charge in [0, 0.05) is 12.7 Å². The van der Waals surface area contributed by atoms with Crippen molar-refractivity contribution in [1.29, 1.82) is 0 Å². The lowest BCUT2D eigenvalue weighted by Crippen LogP contribution is -2.32. The van der Waals surface area contributed by atoms with Crippen molar-refractivity contribution in [3.8, 4) is 0 Å². The van der Waals surface area contributed by atoms with Gasteiger partial charge in [0.05, 0.1) is 6.54 Å². The van der Waals surface area contributed by atoms with Crippen molar-refractivity contribution in [2.24, 2.45) is 0 Å². The summed E-state index contributed by atoms with van der Waals surface area (Å²) in [5, 5.41) is 11.5. The largest absolute Gasteiger partial charge is 0.362 e. The predicted octanol–water partition coefficient (Wildman–Crippen LogP) is 3.74. The maximum absolute atomic E-state index is 13.3. The molecule has 2 aromatic rings. The molecule has 0 aliphatic heterocycles. The predicted molar refractivity (Wildman–Crippen MR) is 109 cm³/mol. The fourth-order valence-electron chi connectivity index (χ4n) is 2.58. The molecule has 0 aliphatic carbocycles. The van der Waals surface area contributed by atoms with Crippen molar-refractivity contribution in [1.82, 2.24) is 20.0 Å². The Morgan fingerprint density at radius 3 is 2.81 bits per heavy atom. The van der Waals surface area contributed by atoms with E-state index in [4.69, 9.17) is 23.8 Å². The average molecular weight is 398 g/mol. The highest BCUT2D eigenvalue weighted by molar-refractivity contribution is 7.80. The van der Waals surface area contributed by atoms with E-state index in [-0.39, 0.29) is 5.82 Å². The van der Waals surface area contributed by atoms with E-state index in [0.29, 0.717) is 22.5 Å². The maximum Gasteiger partial charge on any atom is 0.173 e. The summed E-state index contributed by atoms with van der Waals surface area (Å²) in [7, 11) is 0. The molecule has 0 radical (unpaired) electrons. The zero-order valence-electron chi connectivity index (χ0n) is 15.1. The number of anilines is 1. The number of thiocarbonyl (C=S) groups is 1. The van der Waals surface area contributed by atoms with Gasteiger partial charge in [-0.05, 0) is 56.0 Å². The Morgan fingerprint density at radius 1 is 1.35 bits per heavy atom. The summed E-state index contributed by atoms with van der Waals surface area (Å²) in [6.45, 7) is 8.67. The lowest BCUT2D eigenvalue weighted by atomic mass is 10.2. The molecule has 0 aliphatic rings. The lowest BCUT2D eigenvalue weighted by Gasteiger charge is -2.18. The van der Waals surface area contributed by atoms with E-state index in [9.17, 15) is 4.39 Å². The van der Waals surface area contributed by atoms with Gasteiger partial charge in [0.15, 0.2) is 10.9 Å². The molecule has 0 atom stereocenters. The number of benzene rings is 1. The van der Waals surface area contributed by atoms with E-state index in [2.05, 4.69) is 34.5 Å². The quantitative estimate of drug-likeness (QED) is 0.498. The van der Waals surface area contributed by atoms with Gasteiger partial charge in [0.1, 0.15) is 10.8 Å². The number of aromatic nitrogens is 2. The van der Waals surface area contributed by atoms with E-state index in [1.165, 1.54) is 12.1 Å². The topological polar surface area (TPSA) is 45.1 Å². The van der Waals surface area contributed by atoms with Gasteiger partial charge in [0.2, 0.25) is 0 Å². The van der Waals surface area contributed by atoms with Gasteiger partial charge in [-0.25, -0.2) is 4.39 Å². The molecule has 0 fully saturated rings. The second-order valence-electron chi connectivity index (χ2n) is 5.91. The summed E-state index contributed by atoms with van der Waals surface area (Å²) in [6, 6.07) is 6.40. The van der Waals surface area contributed by atoms with Crippen LogP contribution >= 0.6 is 23.8 Å². The zero-order valence-corrected chi connectivity index (χ0v) is 16.7. The Morgan fingerprint density at radius 2 is 2.12 bits per heavy atom. The molecule has 1 aromatic heterocycles. The molecule has 8 heteroatoms. The van der Waals surface area contributed by atoms with Gasteiger partial charge in [-0.2, -0.15) is 5.10 Å². The third-order valence-corrected chi connectivity index (χ3v) is 4.54. The van der Waals surface area contributed by atoms with Gasteiger partial charge in [-0.1, -0.05) is 37.6 Å². The maximum atomic E-state index is 13.3. The van der Waals surface area contributed by atoms with E-state index in [0.717, 1.165) is 38.2 Å². The smallest absolute Gasteiger partial charge is 0.173 e. The highest BCUT2D eigenvalue weighted by Gasteiger charge is 2.09. The Labute approximate surface area is 164 Å². The van der Waals surface area contributed by atoms with Crippen molar-refractivity contribution >= 4 is 34.7 Å². The fraction of sp³-hybridized carbons (Fsp3) is 0.444. The Balaban J connectivity index is 1.82. The molecule has 0 amide bonds. The first-order valence-corrected chi connectivity index (χ1v) is 9.55. The Bertz CT molecular complexity index is 717. The zero-order chi connectivity index (χ0) is 18.9. The molecule has 0 spiro atoms. The molecule has 26 heavy (non-hydrogen) atoms. The number of halogens is 2. The average Bonchev–Trinajstić information content (AvgIpc) is 2.94. The minimum Gasteiger partial charge on any atom is -0.362 e. The van der Waals surface area contributed by atoms with Crippen LogP contribution in [0.4, 0.5) is 10.2 Å². The minimum absolute atomic E-state index is 0.269. The van der Waals surface area contributed by atoms with Gasteiger partial charge in [-0.3, -0.25) is 4.68 Å². The summed E-state index contributed by atoms with van der Waals surface area (Å²) in [5.41, 5.74) is 0.813. The first-order valence-electron chi connectivity index (χ1n) is 8.76. The van der Waals surface area contributed by atoms with Gasteiger partial charge in [-0.15, -0.1) is 0 Å². The summed E-state index contributed by atoms with van der Waals surface area (Å²) in [4.78, 5) is 2.36. The van der Waals surface area contributed by atoms with Gasteiger partial charge < -0.3 is 15.5 Å². The summed E-state index contributed by atoms with van der Waals surface area (Å²) in [6.07, 6.45) is 2.70. The lowest BCUT2D eigenvalue weighted by molar-refractivity contribution is 0.300. The number of rotatable bonds is 9. The molecule has 5 nitrogen and oxygen atoms in total. The van der Waals surface area contributed by atoms with Crippen LogP contribution in [0.2, 0.25) is 5.02 Å².